The largest absolute Gasteiger partial charge is 0.342 e. The molecule has 1 aliphatic rings. The van der Waals surface area contributed by atoms with Gasteiger partial charge in [0.05, 0.1) is 4.83 Å². The molecule has 3 heteroatoms. The van der Waals surface area contributed by atoms with Crippen molar-refractivity contribution in [2.24, 2.45) is 5.92 Å². The zero-order valence-corrected chi connectivity index (χ0v) is 10.7. The number of hydrogen-bond acceptors (Lipinski definition) is 1. The first kappa shape index (κ1) is 12.0. The lowest BCUT2D eigenvalue weighted by Crippen LogP contribution is -2.42. The van der Waals surface area contributed by atoms with Gasteiger partial charge in [0, 0.05) is 13.1 Å². The molecule has 2 nitrogen and oxygen atoms in total. The van der Waals surface area contributed by atoms with E-state index in [9.17, 15) is 4.79 Å². The van der Waals surface area contributed by atoms with Gasteiger partial charge in [0.25, 0.3) is 0 Å². The summed E-state index contributed by atoms with van der Waals surface area (Å²) in [5.41, 5.74) is 0. The third kappa shape index (κ3) is 3.60. The van der Waals surface area contributed by atoms with Crippen LogP contribution in [0.3, 0.4) is 0 Å². The monoisotopic (exact) mass is 261 g/mol. The van der Waals surface area contributed by atoms with Crippen LogP contribution in [0.4, 0.5) is 0 Å². The van der Waals surface area contributed by atoms with Crippen LogP contribution in [0.1, 0.15) is 39.5 Å². The van der Waals surface area contributed by atoms with Gasteiger partial charge in [0.1, 0.15) is 0 Å². The van der Waals surface area contributed by atoms with Gasteiger partial charge in [-0.15, -0.1) is 0 Å². The summed E-state index contributed by atoms with van der Waals surface area (Å²) >= 11 is 3.42. The first-order valence-electron chi connectivity index (χ1n) is 5.54. The van der Waals surface area contributed by atoms with Crippen molar-refractivity contribution in [2.75, 3.05) is 13.1 Å². The van der Waals surface area contributed by atoms with Crippen molar-refractivity contribution in [2.45, 2.75) is 44.4 Å². The molecule has 0 spiro atoms. The van der Waals surface area contributed by atoms with Crippen LogP contribution >= 0.6 is 15.9 Å². The van der Waals surface area contributed by atoms with E-state index in [1.54, 1.807) is 0 Å². The molecular weight excluding hydrogens is 242 g/mol. The van der Waals surface area contributed by atoms with Gasteiger partial charge in [-0.05, 0) is 31.6 Å². The number of halogens is 1. The SMILES string of the molecule is CC(C)CCCN1CCCC(Br)C1=O. The highest BCUT2D eigenvalue weighted by molar-refractivity contribution is 9.10. The predicted molar refractivity (Wildman–Crippen MR) is 62.6 cm³/mol. The molecule has 0 aromatic rings. The Morgan fingerprint density at radius 3 is 2.93 bits per heavy atom. The Morgan fingerprint density at radius 1 is 1.57 bits per heavy atom. The van der Waals surface area contributed by atoms with Crippen LogP contribution in [0.25, 0.3) is 0 Å². The van der Waals surface area contributed by atoms with E-state index in [0.29, 0.717) is 5.91 Å². The lowest BCUT2D eigenvalue weighted by molar-refractivity contribution is -0.132. The van der Waals surface area contributed by atoms with Crippen LogP contribution < -0.4 is 0 Å². The van der Waals surface area contributed by atoms with Crippen LogP contribution in [-0.4, -0.2) is 28.7 Å². The Bertz CT molecular complexity index is 194. The molecule has 0 saturated carbocycles. The highest BCUT2D eigenvalue weighted by Gasteiger charge is 2.25. The molecule has 0 aliphatic carbocycles. The number of alkyl halides is 1. The number of carbonyl (C=O) groups is 1. The maximum absolute atomic E-state index is 11.7. The fourth-order valence-electron chi connectivity index (χ4n) is 1.81. The molecule has 1 atom stereocenters. The molecule has 1 unspecified atom stereocenters. The van der Waals surface area contributed by atoms with Crippen molar-refractivity contribution >= 4 is 21.8 Å². The molecule has 0 aromatic carbocycles. The maximum atomic E-state index is 11.7. The van der Waals surface area contributed by atoms with Gasteiger partial charge in [0.15, 0.2) is 0 Å². The predicted octanol–water partition coefficient (Wildman–Crippen LogP) is 2.81. The van der Waals surface area contributed by atoms with E-state index in [4.69, 9.17) is 0 Å². The van der Waals surface area contributed by atoms with Gasteiger partial charge in [-0.25, -0.2) is 0 Å². The molecule has 1 fully saturated rings. The van der Waals surface area contributed by atoms with E-state index >= 15 is 0 Å². The molecule has 14 heavy (non-hydrogen) atoms. The summed E-state index contributed by atoms with van der Waals surface area (Å²) in [5, 5.41) is 0. The van der Waals surface area contributed by atoms with Crippen molar-refractivity contribution in [3.8, 4) is 0 Å². The normalized spacial score (nSPS) is 23.3. The first-order valence-corrected chi connectivity index (χ1v) is 6.45. The Hall–Kier alpha value is -0.0500. The number of rotatable bonds is 4. The summed E-state index contributed by atoms with van der Waals surface area (Å²) in [6.07, 6.45) is 4.50. The average molecular weight is 262 g/mol. The summed E-state index contributed by atoms with van der Waals surface area (Å²) in [5.74, 6) is 1.04. The molecule has 82 valence electrons. The van der Waals surface area contributed by atoms with Crippen LogP contribution in [0.15, 0.2) is 0 Å². The Labute approximate surface area is 95.2 Å². The third-order valence-corrected chi connectivity index (χ3v) is 3.52. The zero-order chi connectivity index (χ0) is 10.6. The summed E-state index contributed by atoms with van der Waals surface area (Å²) in [4.78, 5) is 13.8. The molecule has 0 aromatic heterocycles. The Balaban J connectivity index is 2.25. The Kier molecular flexibility index (Phi) is 4.93. The second-order valence-corrected chi connectivity index (χ2v) is 5.58. The molecule has 1 aliphatic heterocycles. The van der Waals surface area contributed by atoms with Crippen molar-refractivity contribution in [1.29, 1.82) is 0 Å². The molecule has 1 amide bonds. The fourth-order valence-corrected chi connectivity index (χ4v) is 2.42. The zero-order valence-electron chi connectivity index (χ0n) is 9.13. The lowest BCUT2D eigenvalue weighted by Gasteiger charge is -2.29. The molecule has 0 radical (unpaired) electrons. The minimum atomic E-state index is 0.0790. The van der Waals surface area contributed by atoms with E-state index in [1.807, 2.05) is 4.90 Å². The van der Waals surface area contributed by atoms with E-state index < -0.39 is 0 Å². The number of nitrogens with zero attached hydrogens (tertiary/aromatic N) is 1. The van der Waals surface area contributed by atoms with Crippen LogP contribution in [0.5, 0.6) is 0 Å². The van der Waals surface area contributed by atoms with Crippen LogP contribution in [0.2, 0.25) is 0 Å². The topological polar surface area (TPSA) is 20.3 Å². The molecule has 0 bridgehead atoms. The van der Waals surface area contributed by atoms with Crippen molar-refractivity contribution in [1.82, 2.24) is 4.90 Å². The summed E-state index contributed by atoms with van der Waals surface area (Å²) in [6, 6.07) is 0. The standard InChI is InChI=1S/C11H20BrNO/c1-9(2)5-3-7-13-8-4-6-10(12)11(13)14/h9-10H,3-8H2,1-2H3. The molecule has 1 heterocycles. The Morgan fingerprint density at radius 2 is 2.29 bits per heavy atom. The molecule has 1 saturated heterocycles. The van der Waals surface area contributed by atoms with Gasteiger partial charge in [-0.2, -0.15) is 0 Å². The van der Waals surface area contributed by atoms with Crippen molar-refractivity contribution in [3.05, 3.63) is 0 Å². The highest BCUT2D eigenvalue weighted by atomic mass is 79.9. The molecule has 0 N–H and O–H groups in total. The molecular formula is C11H20BrNO. The fraction of sp³-hybridized carbons (Fsp3) is 0.909. The van der Waals surface area contributed by atoms with Crippen molar-refractivity contribution < 1.29 is 4.79 Å². The highest BCUT2D eigenvalue weighted by Crippen LogP contribution is 2.19. The average Bonchev–Trinajstić information content (AvgIpc) is 2.12. The van der Waals surface area contributed by atoms with E-state index in [0.717, 1.165) is 38.3 Å². The van der Waals surface area contributed by atoms with E-state index in [2.05, 4.69) is 29.8 Å². The minimum absolute atomic E-state index is 0.0790. The number of hydrogen-bond donors (Lipinski definition) is 0. The quantitative estimate of drug-likeness (QED) is 0.713. The smallest absolute Gasteiger partial charge is 0.236 e. The van der Waals surface area contributed by atoms with E-state index in [1.165, 1.54) is 6.42 Å². The number of likely N-dealkylation sites (tertiary alicyclic amines) is 1. The van der Waals surface area contributed by atoms with Gasteiger partial charge in [-0.3, -0.25) is 4.79 Å². The number of carbonyl (C=O) groups excluding carboxylic acids is 1. The van der Waals surface area contributed by atoms with Gasteiger partial charge >= 0.3 is 0 Å². The minimum Gasteiger partial charge on any atom is -0.342 e. The summed E-state index contributed by atoms with van der Waals surface area (Å²) in [6.45, 7) is 6.36. The van der Waals surface area contributed by atoms with Gasteiger partial charge in [-0.1, -0.05) is 29.8 Å². The maximum Gasteiger partial charge on any atom is 0.236 e. The van der Waals surface area contributed by atoms with Crippen molar-refractivity contribution in [3.63, 3.8) is 0 Å². The second kappa shape index (κ2) is 5.74. The summed E-state index contributed by atoms with van der Waals surface area (Å²) in [7, 11) is 0. The van der Waals surface area contributed by atoms with Crippen LogP contribution in [-0.2, 0) is 4.79 Å². The first-order chi connectivity index (χ1) is 6.61. The second-order valence-electron chi connectivity index (χ2n) is 4.47. The van der Waals surface area contributed by atoms with E-state index in [-0.39, 0.29) is 4.83 Å². The number of amides is 1. The van der Waals surface area contributed by atoms with Gasteiger partial charge < -0.3 is 4.90 Å². The van der Waals surface area contributed by atoms with Gasteiger partial charge in [0.2, 0.25) is 5.91 Å². The number of piperidine rings is 1. The van der Waals surface area contributed by atoms with Crippen LogP contribution in [0, 0.1) is 5.92 Å². The third-order valence-electron chi connectivity index (χ3n) is 2.67. The summed E-state index contributed by atoms with van der Waals surface area (Å²) < 4.78 is 0. The lowest BCUT2D eigenvalue weighted by atomic mass is 10.1. The molecule has 1 rings (SSSR count).